The van der Waals surface area contributed by atoms with Crippen molar-refractivity contribution in [2.75, 3.05) is 0 Å². The van der Waals surface area contributed by atoms with Crippen molar-refractivity contribution in [2.24, 2.45) is 0 Å². The number of carbonyl (C=O) groups is 1. The van der Waals surface area contributed by atoms with E-state index in [9.17, 15) is 4.79 Å². The van der Waals surface area contributed by atoms with Gasteiger partial charge in [-0.05, 0) is 29.9 Å². The normalized spacial score (nSPS) is 11.7. The molecule has 2 aromatic rings. The van der Waals surface area contributed by atoms with Crippen LogP contribution in [0.2, 0.25) is 0 Å². The van der Waals surface area contributed by atoms with E-state index >= 15 is 0 Å². The highest BCUT2D eigenvalue weighted by Gasteiger charge is 2.20. The highest BCUT2D eigenvalue weighted by molar-refractivity contribution is 7.10. The first-order chi connectivity index (χ1) is 9.31. The smallest absolute Gasteiger partial charge is 0.155 e. The second-order valence-electron chi connectivity index (χ2n) is 4.38. The van der Waals surface area contributed by atoms with Crippen LogP contribution in [-0.4, -0.2) is 5.78 Å². The minimum Gasteiger partial charge on any atom is -0.298 e. The van der Waals surface area contributed by atoms with Gasteiger partial charge in [0.15, 0.2) is 5.78 Å². The molecule has 2 rings (SSSR count). The minimum absolute atomic E-state index is 0.0286. The molecule has 0 saturated heterocycles. The zero-order valence-electron chi connectivity index (χ0n) is 10.6. The molecule has 0 amide bonds. The summed E-state index contributed by atoms with van der Waals surface area (Å²) in [6.07, 6.45) is 2.15. The van der Waals surface area contributed by atoms with Gasteiger partial charge in [-0.15, -0.1) is 11.3 Å². The van der Waals surface area contributed by atoms with Crippen molar-refractivity contribution in [3.05, 3.63) is 58.3 Å². The van der Waals surface area contributed by atoms with Gasteiger partial charge in [0.05, 0.1) is 6.07 Å². The van der Waals surface area contributed by atoms with E-state index in [0.717, 1.165) is 17.7 Å². The van der Waals surface area contributed by atoms with Gasteiger partial charge in [-0.1, -0.05) is 36.4 Å². The van der Waals surface area contributed by atoms with E-state index in [2.05, 4.69) is 18.2 Å². The summed E-state index contributed by atoms with van der Waals surface area (Å²) in [6, 6.07) is 16.0. The van der Waals surface area contributed by atoms with Crippen LogP contribution in [-0.2, 0) is 11.2 Å². The number of rotatable bonds is 6. The summed E-state index contributed by atoms with van der Waals surface area (Å²) in [6.45, 7) is 0. The first-order valence-corrected chi connectivity index (χ1v) is 7.19. The summed E-state index contributed by atoms with van der Waals surface area (Å²) in [5, 5.41) is 11.0. The number of Topliss-reactive ketones (excluding diaryl/α,β-unsaturated/α-hetero) is 1. The van der Waals surface area contributed by atoms with Crippen molar-refractivity contribution >= 4 is 17.1 Å². The van der Waals surface area contributed by atoms with E-state index in [-0.39, 0.29) is 5.78 Å². The van der Waals surface area contributed by atoms with Crippen LogP contribution in [0.4, 0.5) is 0 Å². The van der Waals surface area contributed by atoms with Crippen LogP contribution in [0.25, 0.3) is 0 Å². The predicted molar refractivity (Wildman–Crippen MR) is 77.1 cm³/mol. The number of carbonyl (C=O) groups excluding carboxylic acids is 1. The third kappa shape index (κ3) is 3.77. The predicted octanol–water partition coefficient (Wildman–Crippen LogP) is 3.95. The SMILES string of the molecule is N#CC(C(=O)CCCc1ccccc1)c1cccs1. The first-order valence-electron chi connectivity index (χ1n) is 6.31. The largest absolute Gasteiger partial charge is 0.298 e. The topological polar surface area (TPSA) is 40.9 Å². The molecular formula is C16H15NOS. The molecule has 0 aliphatic heterocycles. The number of thiophene rings is 1. The van der Waals surface area contributed by atoms with Crippen LogP contribution < -0.4 is 0 Å². The molecule has 96 valence electrons. The van der Waals surface area contributed by atoms with Crippen molar-refractivity contribution in [2.45, 2.75) is 25.2 Å². The highest BCUT2D eigenvalue weighted by Crippen LogP contribution is 2.23. The third-order valence-electron chi connectivity index (χ3n) is 3.01. The number of hydrogen-bond donors (Lipinski definition) is 0. The van der Waals surface area contributed by atoms with Gasteiger partial charge in [-0.3, -0.25) is 4.79 Å². The lowest BCUT2D eigenvalue weighted by molar-refractivity contribution is -0.119. The van der Waals surface area contributed by atoms with Crippen molar-refractivity contribution in [1.29, 1.82) is 5.26 Å². The molecule has 0 bridgehead atoms. The van der Waals surface area contributed by atoms with Crippen molar-refractivity contribution < 1.29 is 4.79 Å². The minimum atomic E-state index is -0.587. The van der Waals surface area contributed by atoms with Crippen LogP contribution in [0.5, 0.6) is 0 Å². The Hall–Kier alpha value is -1.92. The fourth-order valence-corrected chi connectivity index (χ4v) is 2.80. The molecule has 1 aromatic heterocycles. The molecule has 0 N–H and O–H groups in total. The first kappa shape index (κ1) is 13.5. The third-order valence-corrected chi connectivity index (χ3v) is 3.95. The average molecular weight is 269 g/mol. The summed E-state index contributed by atoms with van der Waals surface area (Å²) in [5.41, 5.74) is 1.24. The Morgan fingerprint density at radius 3 is 2.63 bits per heavy atom. The highest BCUT2D eigenvalue weighted by atomic mass is 32.1. The molecule has 0 aliphatic rings. The quantitative estimate of drug-likeness (QED) is 0.796. The van der Waals surface area contributed by atoms with Crippen LogP contribution in [0.15, 0.2) is 47.8 Å². The molecule has 1 atom stereocenters. The Kier molecular flexibility index (Phi) is 4.88. The fraction of sp³-hybridized carbons (Fsp3) is 0.250. The van der Waals surface area contributed by atoms with E-state index in [1.54, 1.807) is 0 Å². The number of nitriles is 1. The molecule has 19 heavy (non-hydrogen) atoms. The average Bonchev–Trinajstić information content (AvgIpc) is 2.95. The molecule has 1 unspecified atom stereocenters. The molecule has 0 fully saturated rings. The van der Waals surface area contributed by atoms with Gasteiger partial charge in [-0.25, -0.2) is 0 Å². The Morgan fingerprint density at radius 2 is 2.00 bits per heavy atom. The van der Waals surface area contributed by atoms with E-state index in [4.69, 9.17) is 5.26 Å². The van der Waals surface area contributed by atoms with Gasteiger partial charge in [-0.2, -0.15) is 5.26 Å². The number of ketones is 1. The molecule has 1 heterocycles. The number of benzene rings is 1. The zero-order valence-corrected chi connectivity index (χ0v) is 11.4. The van der Waals surface area contributed by atoms with Crippen molar-refractivity contribution in [3.8, 4) is 6.07 Å². The van der Waals surface area contributed by atoms with Crippen LogP contribution in [0.3, 0.4) is 0 Å². The Bertz CT molecular complexity index is 554. The van der Waals surface area contributed by atoms with Crippen LogP contribution in [0.1, 0.15) is 29.2 Å². The zero-order chi connectivity index (χ0) is 13.5. The van der Waals surface area contributed by atoms with Gasteiger partial charge >= 0.3 is 0 Å². The molecular weight excluding hydrogens is 254 g/mol. The molecule has 0 aliphatic carbocycles. The summed E-state index contributed by atoms with van der Waals surface area (Å²) in [5.74, 6) is -0.559. The number of hydrogen-bond acceptors (Lipinski definition) is 3. The Morgan fingerprint density at radius 1 is 1.21 bits per heavy atom. The van der Waals surface area contributed by atoms with E-state index in [1.807, 2.05) is 35.7 Å². The van der Waals surface area contributed by atoms with Gasteiger partial charge in [0.25, 0.3) is 0 Å². The summed E-state index contributed by atoms with van der Waals surface area (Å²) in [4.78, 5) is 12.9. The summed E-state index contributed by atoms with van der Waals surface area (Å²) < 4.78 is 0. The van der Waals surface area contributed by atoms with E-state index in [1.165, 1.54) is 16.9 Å². The Balaban J connectivity index is 1.86. The van der Waals surface area contributed by atoms with Crippen LogP contribution in [0, 0.1) is 11.3 Å². The maximum Gasteiger partial charge on any atom is 0.155 e. The molecule has 0 radical (unpaired) electrons. The van der Waals surface area contributed by atoms with E-state index in [0.29, 0.717) is 6.42 Å². The van der Waals surface area contributed by atoms with Gasteiger partial charge < -0.3 is 0 Å². The maximum absolute atomic E-state index is 12.0. The monoisotopic (exact) mass is 269 g/mol. The molecule has 3 heteroatoms. The van der Waals surface area contributed by atoms with Gasteiger partial charge in [0.2, 0.25) is 0 Å². The Labute approximate surface area is 117 Å². The lowest BCUT2D eigenvalue weighted by Gasteiger charge is -2.06. The summed E-state index contributed by atoms with van der Waals surface area (Å²) >= 11 is 1.47. The fourth-order valence-electron chi connectivity index (χ4n) is 2.01. The number of nitrogens with zero attached hydrogens (tertiary/aromatic N) is 1. The number of aryl methyl sites for hydroxylation is 1. The maximum atomic E-state index is 12.0. The molecule has 0 saturated carbocycles. The second-order valence-corrected chi connectivity index (χ2v) is 5.36. The summed E-state index contributed by atoms with van der Waals surface area (Å²) in [7, 11) is 0. The van der Waals surface area contributed by atoms with Crippen molar-refractivity contribution in [1.82, 2.24) is 0 Å². The molecule has 2 nitrogen and oxygen atoms in total. The van der Waals surface area contributed by atoms with Gasteiger partial charge in [0.1, 0.15) is 5.92 Å². The lowest BCUT2D eigenvalue weighted by Crippen LogP contribution is -2.09. The van der Waals surface area contributed by atoms with Crippen molar-refractivity contribution in [3.63, 3.8) is 0 Å². The second kappa shape index (κ2) is 6.86. The lowest BCUT2D eigenvalue weighted by atomic mass is 9.98. The molecule has 0 spiro atoms. The molecule has 1 aromatic carbocycles. The van der Waals surface area contributed by atoms with Crippen LogP contribution >= 0.6 is 11.3 Å². The standard InChI is InChI=1S/C16H15NOS/c17-12-14(16-10-5-11-19-16)15(18)9-4-8-13-6-2-1-3-7-13/h1-3,5-7,10-11,14H,4,8-9H2. The van der Waals surface area contributed by atoms with Gasteiger partial charge in [0, 0.05) is 11.3 Å². The van der Waals surface area contributed by atoms with E-state index < -0.39 is 5.92 Å².